The first-order valence-corrected chi connectivity index (χ1v) is 5.87. The molecule has 0 aromatic carbocycles. The van der Waals surface area contributed by atoms with Gasteiger partial charge in [0.05, 0.1) is 4.92 Å². The maximum atomic E-state index is 10.7. The maximum Gasteiger partial charge on any atom is 0.329 e. The summed E-state index contributed by atoms with van der Waals surface area (Å²) in [5, 5.41) is 13.9. The number of nitrogen functional groups attached to an aromatic ring is 1. The third-order valence-corrected chi connectivity index (χ3v) is 2.92. The van der Waals surface area contributed by atoms with E-state index in [1.165, 1.54) is 0 Å². The molecule has 0 amide bonds. The zero-order chi connectivity index (χ0) is 12.1. The van der Waals surface area contributed by atoms with E-state index in [4.69, 9.17) is 5.73 Å². The van der Waals surface area contributed by atoms with E-state index < -0.39 is 4.92 Å². The van der Waals surface area contributed by atoms with E-state index >= 15 is 0 Å². The number of nitrogens with two attached hydrogens (primary N) is 1. The minimum atomic E-state index is -0.536. The second-order valence-corrected chi connectivity index (χ2v) is 4.42. The molecule has 0 spiro atoms. The number of rotatable bonds is 5. The molecular formula is C8H13N5O2S. The SMILES string of the molecule is CSC(C)CNc1nc(N)ncc1[N+](=O)[O-]. The van der Waals surface area contributed by atoms with Crippen molar-refractivity contribution in [3.8, 4) is 0 Å². The van der Waals surface area contributed by atoms with Crippen molar-refractivity contribution in [3.63, 3.8) is 0 Å². The molecule has 0 fully saturated rings. The largest absolute Gasteiger partial charge is 0.368 e. The number of anilines is 2. The van der Waals surface area contributed by atoms with Crippen LogP contribution in [0.3, 0.4) is 0 Å². The van der Waals surface area contributed by atoms with Crippen LogP contribution in [0.4, 0.5) is 17.5 Å². The third-order valence-electron chi connectivity index (χ3n) is 1.94. The molecule has 0 aliphatic carbocycles. The summed E-state index contributed by atoms with van der Waals surface area (Å²) in [6.45, 7) is 2.59. The Hall–Kier alpha value is -1.57. The van der Waals surface area contributed by atoms with Crippen molar-refractivity contribution < 1.29 is 4.92 Å². The Morgan fingerprint density at radius 2 is 2.44 bits per heavy atom. The predicted molar refractivity (Wildman–Crippen MR) is 64.6 cm³/mol. The van der Waals surface area contributed by atoms with E-state index in [-0.39, 0.29) is 17.5 Å². The topological polar surface area (TPSA) is 107 Å². The molecule has 0 bridgehead atoms. The normalized spacial score (nSPS) is 12.1. The van der Waals surface area contributed by atoms with Crippen molar-refractivity contribution in [2.24, 2.45) is 0 Å². The standard InChI is InChI=1S/C8H13N5O2S/c1-5(16-2)3-10-7-6(13(14)15)4-11-8(9)12-7/h4-5H,3H2,1-2H3,(H3,9,10,11,12). The Bertz CT molecular complexity index is 387. The molecule has 0 aliphatic rings. The Morgan fingerprint density at radius 3 is 3.00 bits per heavy atom. The van der Waals surface area contributed by atoms with Crippen LogP contribution in [0.2, 0.25) is 0 Å². The average molecular weight is 243 g/mol. The first-order valence-electron chi connectivity index (χ1n) is 4.58. The number of nitrogens with one attached hydrogen (secondary N) is 1. The molecule has 1 unspecified atom stereocenters. The molecule has 1 atom stereocenters. The number of aromatic nitrogens is 2. The van der Waals surface area contributed by atoms with Crippen molar-refractivity contribution in [2.45, 2.75) is 12.2 Å². The van der Waals surface area contributed by atoms with Crippen LogP contribution >= 0.6 is 11.8 Å². The third kappa shape index (κ3) is 3.23. The van der Waals surface area contributed by atoms with E-state index in [1.54, 1.807) is 11.8 Å². The van der Waals surface area contributed by atoms with Gasteiger partial charge in [0.15, 0.2) is 0 Å². The van der Waals surface area contributed by atoms with Gasteiger partial charge in [-0.1, -0.05) is 6.92 Å². The fraction of sp³-hybridized carbons (Fsp3) is 0.500. The lowest BCUT2D eigenvalue weighted by atomic mass is 10.4. The molecule has 88 valence electrons. The van der Waals surface area contributed by atoms with Crippen LogP contribution in [-0.2, 0) is 0 Å². The number of hydrogen-bond acceptors (Lipinski definition) is 7. The van der Waals surface area contributed by atoms with E-state index in [0.717, 1.165) is 6.20 Å². The maximum absolute atomic E-state index is 10.7. The number of nitrogens with zero attached hydrogens (tertiary/aromatic N) is 3. The lowest BCUT2D eigenvalue weighted by Gasteiger charge is -2.10. The lowest BCUT2D eigenvalue weighted by Crippen LogP contribution is -2.15. The second-order valence-electron chi connectivity index (χ2n) is 3.15. The first kappa shape index (κ1) is 12.5. The number of thioether (sulfide) groups is 1. The molecule has 7 nitrogen and oxygen atoms in total. The average Bonchev–Trinajstić information content (AvgIpc) is 2.25. The minimum Gasteiger partial charge on any atom is -0.368 e. The number of nitro groups is 1. The van der Waals surface area contributed by atoms with Gasteiger partial charge in [0.2, 0.25) is 11.8 Å². The summed E-state index contributed by atoms with van der Waals surface area (Å²) >= 11 is 1.66. The van der Waals surface area contributed by atoms with E-state index in [2.05, 4.69) is 15.3 Å². The Morgan fingerprint density at radius 1 is 1.75 bits per heavy atom. The predicted octanol–water partition coefficient (Wildman–Crippen LogP) is 1.13. The van der Waals surface area contributed by atoms with Gasteiger partial charge in [-0.25, -0.2) is 4.98 Å². The molecule has 8 heteroatoms. The lowest BCUT2D eigenvalue weighted by molar-refractivity contribution is -0.384. The van der Waals surface area contributed by atoms with Crippen LogP contribution in [0.25, 0.3) is 0 Å². The van der Waals surface area contributed by atoms with Gasteiger partial charge in [0.1, 0.15) is 6.20 Å². The van der Waals surface area contributed by atoms with Gasteiger partial charge in [-0.2, -0.15) is 16.7 Å². The van der Waals surface area contributed by atoms with Crippen molar-refractivity contribution in [1.82, 2.24) is 9.97 Å². The smallest absolute Gasteiger partial charge is 0.329 e. The fourth-order valence-corrected chi connectivity index (χ4v) is 1.23. The van der Waals surface area contributed by atoms with Crippen molar-refractivity contribution in [2.75, 3.05) is 23.9 Å². The number of hydrogen-bond donors (Lipinski definition) is 2. The molecule has 3 N–H and O–H groups in total. The highest BCUT2D eigenvalue weighted by molar-refractivity contribution is 7.99. The van der Waals surface area contributed by atoms with Gasteiger partial charge in [-0.3, -0.25) is 10.1 Å². The molecule has 1 aromatic rings. The Balaban J connectivity index is 2.84. The van der Waals surface area contributed by atoms with Crippen LogP contribution in [-0.4, -0.2) is 32.9 Å². The highest BCUT2D eigenvalue weighted by Crippen LogP contribution is 2.21. The van der Waals surface area contributed by atoms with Gasteiger partial charge >= 0.3 is 5.69 Å². The molecule has 0 saturated heterocycles. The molecule has 16 heavy (non-hydrogen) atoms. The summed E-state index contributed by atoms with van der Waals surface area (Å²) in [6, 6.07) is 0. The van der Waals surface area contributed by atoms with Crippen LogP contribution < -0.4 is 11.1 Å². The molecule has 1 aromatic heterocycles. The van der Waals surface area contributed by atoms with Gasteiger partial charge in [-0.05, 0) is 6.26 Å². The first-order chi connectivity index (χ1) is 7.54. The van der Waals surface area contributed by atoms with Crippen molar-refractivity contribution in [1.29, 1.82) is 0 Å². The molecule has 0 saturated carbocycles. The molecule has 0 radical (unpaired) electrons. The minimum absolute atomic E-state index is 0.0184. The van der Waals surface area contributed by atoms with E-state index in [1.807, 2.05) is 13.2 Å². The van der Waals surface area contributed by atoms with Gasteiger partial charge in [0, 0.05) is 11.8 Å². The van der Waals surface area contributed by atoms with Crippen molar-refractivity contribution >= 4 is 29.2 Å². The summed E-state index contributed by atoms with van der Waals surface area (Å²) in [6.07, 6.45) is 3.07. The highest BCUT2D eigenvalue weighted by atomic mass is 32.2. The van der Waals surface area contributed by atoms with Gasteiger partial charge < -0.3 is 11.1 Å². The monoisotopic (exact) mass is 243 g/mol. The summed E-state index contributed by atoms with van der Waals surface area (Å²) in [4.78, 5) is 17.5. The molecule has 1 heterocycles. The highest BCUT2D eigenvalue weighted by Gasteiger charge is 2.16. The summed E-state index contributed by atoms with van der Waals surface area (Å²) in [5.41, 5.74) is 5.21. The fourth-order valence-electron chi connectivity index (χ4n) is 0.977. The molecule has 0 aliphatic heterocycles. The van der Waals surface area contributed by atoms with Crippen LogP contribution in [0, 0.1) is 10.1 Å². The van der Waals surface area contributed by atoms with Crippen LogP contribution in [0.1, 0.15) is 6.92 Å². The second kappa shape index (κ2) is 5.50. The van der Waals surface area contributed by atoms with E-state index in [0.29, 0.717) is 11.8 Å². The van der Waals surface area contributed by atoms with Crippen LogP contribution in [0.5, 0.6) is 0 Å². The molecule has 1 rings (SSSR count). The van der Waals surface area contributed by atoms with E-state index in [9.17, 15) is 10.1 Å². The summed E-state index contributed by atoms with van der Waals surface area (Å²) in [7, 11) is 0. The zero-order valence-electron chi connectivity index (χ0n) is 9.01. The van der Waals surface area contributed by atoms with Crippen LogP contribution in [0.15, 0.2) is 6.20 Å². The molecular weight excluding hydrogens is 230 g/mol. The van der Waals surface area contributed by atoms with Crippen molar-refractivity contribution in [3.05, 3.63) is 16.3 Å². The zero-order valence-corrected chi connectivity index (χ0v) is 9.82. The summed E-state index contributed by atoms with van der Waals surface area (Å²) in [5.74, 6) is 0.184. The summed E-state index contributed by atoms with van der Waals surface area (Å²) < 4.78 is 0. The quantitative estimate of drug-likeness (QED) is 0.589. The Kier molecular flexibility index (Phi) is 4.29. The van der Waals surface area contributed by atoms with Gasteiger partial charge in [-0.15, -0.1) is 0 Å². The Labute approximate surface area is 97.0 Å². The van der Waals surface area contributed by atoms with Gasteiger partial charge in [0.25, 0.3) is 0 Å².